The highest BCUT2D eigenvalue weighted by atomic mass is 16.3. The molecule has 0 aliphatic rings. The molecule has 0 radical (unpaired) electrons. The van der Waals surface area contributed by atoms with E-state index in [1.165, 1.54) is 0 Å². The Balaban J connectivity index is 1.18. The summed E-state index contributed by atoms with van der Waals surface area (Å²) in [5.74, 6) is 0.534. The van der Waals surface area contributed by atoms with Crippen LogP contribution in [0, 0.1) is 0 Å². The van der Waals surface area contributed by atoms with E-state index in [9.17, 15) is 0 Å². The molecule has 288 valence electrons. The molecule has 6 nitrogen and oxygen atoms in total. The SMILES string of the molecule is c1ccc(-c2nc3c(N(c4ccc5oc6ccccc6c5c4)c4ccccc4-c4ccccc4)cc(N(c4ccccc4)c4cccc5c4oc4ccccc45)cc3o2)cc1. The van der Waals surface area contributed by atoms with Gasteiger partial charge in [-0.3, -0.25) is 0 Å². The van der Waals surface area contributed by atoms with Crippen LogP contribution in [0.15, 0.2) is 226 Å². The topological polar surface area (TPSA) is 58.8 Å². The lowest BCUT2D eigenvalue weighted by Gasteiger charge is -2.30. The fourth-order valence-corrected chi connectivity index (χ4v) is 8.71. The first kappa shape index (κ1) is 34.7. The van der Waals surface area contributed by atoms with Gasteiger partial charge in [0.1, 0.15) is 22.3 Å². The second kappa shape index (κ2) is 14.2. The van der Waals surface area contributed by atoms with Gasteiger partial charge in [-0.1, -0.05) is 133 Å². The Morgan fingerprint density at radius 1 is 0.328 bits per heavy atom. The van der Waals surface area contributed by atoms with Crippen LogP contribution in [0.1, 0.15) is 0 Å². The molecule has 0 aliphatic heterocycles. The third-order valence-corrected chi connectivity index (χ3v) is 11.5. The Hall–Kier alpha value is -8.35. The van der Waals surface area contributed by atoms with Gasteiger partial charge < -0.3 is 23.1 Å². The molecular formula is C55H35N3O3. The number of nitrogens with zero attached hydrogens (tertiary/aromatic N) is 3. The monoisotopic (exact) mass is 785 g/mol. The summed E-state index contributed by atoms with van der Waals surface area (Å²) in [7, 11) is 0. The van der Waals surface area contributed by atoms with Crippen LogP contribution in [0.2, 0.25) is 0 Å². The van der Waals surface area contributed by atoms with Gasteiger partial charge in [0, 0.05) is 50.1 Å². The van der Waals surface area contributed by atoms with E-state index >= 15 is 0 Å². The van der Waals surface area contributed by atoms with E-state index in [0.717, 1.165) is 100 Å². The van der Waals surface area contributed by atoms with Crippen molar-refractivity contribution in [2.24, 2.45) is 0 Å². The van der Waals surface area contributed by atoms with Gasteiger partial charge in [-0.25, -0.2) is 4.98 Å². The second-order valence-electron chi connectivity index (χ2n) is 15.1. The fourth-order valence-electron chi connectivity index (χ4n) is 8.71. The van der Waals surface area contributed by atoms with Crippen molar-refractivity contribution in [3.8, 4) is 22.6 Å². The summed E-state index contributed by atoms with van der Waals surface area (Å²) in [4.78, 5) is 9.89. The Morgan fingerprint density at radius 2 is 0.934 bits per heavy atom. The molecule has 0 N–H and O–H groups in total. The molecule has 0 saturated carbocycles. The average molecular weight is 786 g/mol. The maximum atomic E-state index is 6.84. The first-order valence-electron chi connectivity index (χ1n) is 20.4. The summed E-state index contributed by atoms with van der Waals surface area (Å²) in [6.45, 7) is 0. The maximum Gasteiger partial charge on any atom is 0.227 e. The standard InChI is InChI=1S/C55H35N3O3/c1-4-17-36(18-5-1)41-23-10-13-27-46(41)58(39-31-32-51-45(33-39)43-25-12-14-29-49(43)59-51)48-34-40(35-52-53(48)56-55(61-52)37-19-6-2-7-20-37)57(38-21-8-3-9-22-38)47-28-16-26-44-42-24-11-15-30-50(42)60-54(44)47/h1-35H. The zero-order valence-corrected chi connectivity index (χ0v) is 32.8. The Labute approximate surface area is 350 Å². The van der Waals surface area contributed by atoms with Crippen molar-refractivity contribution in [3.63, 3.8) is 0 Å². The van der Waals surface area contributed by atoms with Crippen LogP contribution in [-0.2, 0) is 0 Å². The number of rotatable bonds is 8. The van der Waals surface area contributed by atoms with Crippen LogP contribution < -0.4 is 9.80 Å². The summed E-state index contributed by atoms with van der Waals surface area (Å²) in [5.41, 5.74) is 13.2. The number of hydrogen-bond acceptors (Lipinski definition) is 6. The van der Waals surface area contributed by atoms with E-state index in [4.69, 9.17) is 18.2 Å². The number of aromatic nitrogens is 1. The van der Waals surface area contributed by atoms with Crippen molar-refractivity contribution >= 4 is 89.1 Å². The summed E-state index contributed by atoms with van der Waals surface area (Å²) >= 11 is 0. The Bertz CT molecular complexity index is 3550. The van der Waals surface area contributed by atoms with E-state index in [1.54, 1.807) is 0 Å². The van der Waals surface area contributed by atoms with Gasteiger partial charge in [0.15, 0.2) is 11.2 Å². The highest BCUT2D eigenvalue weighted by molar-refractivity contribution is 6.11. The molecule has 0 fully saturated rings. The van der Waals surface area contributed by atoms with E-state index in [-0.39, 0.29) is 0 Å². The van der Waals surface area contributed by atoms with Gasteiger partial charge in [0.2, 0.25) is 5.89 Å². The summed E-state index contributed by atoms with van der Waals surface area (Å²) < 4.78 is 19.9. The fraction of sp³-hybridized carbons (Fsp3) is 0. The van der Waals surface area contributed by atoms with Gasteiger partial charge in [0.25, 0.3) is 0 Å². The number of oxazole rings is 1. The van der Waals surface area contributed by atoms with E-state index in [0.29, 0.717) is 11.5 Å². The normalized spacial score (nSPS) is 11.6. The Kier molecular flexibility index (Phi) is 8.06. The first-order valence-corrected chi connectivity index (χ1v) is 20.4. The molecule has 0 saturated heterocycles. The van der Waals surface area contributed by atoms with Crippen molar-refractivity contribution in [2.45, 2.75) is 0 Å². The molecule has 12 aromatic rings. The molecule has 3 heterocycles. The van der Waals surface area contributed by atoms with Crippen molar-refractivity contribution < 1.29 is 13.3 Å². The molecule has 6 heteroatoms. The summed E-state index contributed by atoms with van der Waals surface area (Å²) in [6.07, 6.45) is 0. The summed E-state index contributed by atoms with van der Waals surface area (Å²) in [5, 5.41) is 4.18. The Morgan fingerprint density at radius 3 is 1.72 bits per heavy atom. The van der Waals surface area contributed by atoms with Crippen LogP contribution in [0.4, 0.5) is 34.1 Å². The molecule has 12 rings (SSSR count). The van der Waals surface area contributed by atoms with Crippen LogP contribution in [-0.4, -0.2) is 4.98 Å². The van der Waals surface area contributed by atoms with E-state index < -0.39 is 0 Å². The van der Waals surface area contributed by atoms with Crippen LogP contribution in [0.25, 0.3) is 77.6 Å². The third kappa shape index (κ3) is 5.84. The van der Waals surface area contributed by atoms with Crippen LogP contribution in [0.5, 0.6) is 0 Å². The zero-order valence-electron chi connectivity index (χ0n) is 32.8. The third-order valence-electron chi connectivity index (χ3n) is 11.5. The maximum absolute atomic E-state index is 6.84. The van der Waals surface area contributed by atoms with Gasteiger partial charge >= 0.3 is 0 Å². The zero-order chi connectivity index (χ0) is 40.3. The van der Waals surface area contributed by atoms with Gasteiger partial charge in [-0.05, 0) is 78.4 Å². The lowest BCUT2D eigenvalue weighted by molar-refractivity contribution is 0.620. The molecule has 0 spiro atoms. The minimum atomic E-state index is 0.534. The summed E-state index contributed by atoms with van der Waals surface area (Å²) in [6, 6.07) is 73.1. The largest absolute Gasteiger partial charge is 0.456 e. The molecule has 0 amide bonds. The lowest BCUT2D eigenvalue weighted by Crippen LogP contribution is -2.14. The van der Waals surface area contributed by atoms with Crippen molar-refractivity contribution in [3.05, 3.63) is 212 Å². The minimum Gasteiger partial charge on any atom is -0.456 e. The molecule has 3 aromatic heterocycles. The number of hydrogen-bond donors (Lipinski definition) is 0. The molecule has 9 aromatic carbocycles. The predicted octanol–water partition coefficient (Wildman–Crippen LogP) is 15.9. The smallest absolute Gasteiger partial charge is 0.227 e. The van der Waals surface area contributed by atoms with Gasteiger partial charge in [0.05, 0.1) is 22.7 Å². The van der Waals surface area contributed by atoms with E-state index in [2.05, 4.69) is 161 Å². The number of anilines is 6. The molecule has 61 heavy (non-hydrogen) atoms. The van der Waals surface area contributed by atoms with Gasteiger partial charge in [-0.2, -0.15) is 0 Å². The number of fused-ring (bicyclic) bond motifs is 7. The molecule has 0 aliphatic carbocycles. The highest BCUT2D eigenvalue weighted by Gasteiger charge is 2.27. The van der Waals surface area contributed by atoms with Crippen LogP contribution >= 0.6 is 0 Å². The van der Waals surface area contributed by atoms with Crippen LogP contribution in [0.3, 0.4) is 0 Å². The lowest BCUT2D eigenvalue weighted by atomic mass is 10.0. The number of para-hydroxylation sites is 5. The van der Waals surface area contributed by atoms with E-state index in [1.807, 2.05) is 60.7 Å². The molecular weight excluding hydrogens is 751 g/mol. The van der Waals surface area contributed by atoms with Crippen molar-refractivity contribution in [1.29, 1.82) is 0 Å². The molecule has 0 atom stereocenters. The van der Waals surface area contributed by atoms with Crippen molar-refractivity contribution in [1.82, 2.24) is 4.98 Å². The molecule has 0 unspecified atom stereocenters. The highest BCUT2D eigenvalue weighted by Crippen LogP contribution is 2.49. The first-order chi connectivity index (χ1) is 30.2. The predicted molar refractivity (Wildman–Crippen MR) is 249 cm³/mol. The number of furan rings is 2. The molecule has 0 bridgehead atoms. The van der Waals surface area contributed by atoms with Gasteiger partial charge in [-0.15, -0.1) is 0 Å². The number of benzene rings is 9. The average Bonchev–Trinajstić information content (AvgIpc) is 4.05. The quantitative estimate of drug-likeness (QED) is 0.153. The minimum absolute atomic E-state index is 0.534. The second-order valence-corrected chi connectivity index (χ2v) is 15.1. The van der Waals surface area contributed by atoms with Crippen molar-refractivity contribution in [2.75, 3.05) is 9.80 Å².